The fourth-order valence-corrected chi connectivity index (χ4v) is 5.52. The van der Waals surface area contributed by atoms with Crippen molar-refractivity contribution in [3.8, 4) is 16.9 Å². The molecule has 1 aliphatic heterocycles. The highest BCUT2D eigenvalue weighted by Gasteiger charge is 2.17. The summed E-state index contributed by atoms with van der Waals surface area (Å²) < 4.78 is 3.87. The molecule has 0 atom stereocenters. The van der Waals surface area contributed by atoms with E-state index in [1.807, 2.05) is 37.9 Å². The number of anilines is 1. The molecule has 0 amide bonds. The van der Waals surface area contributed by atoms with Crippen molar-refractivity contribution in [2.45, 2.75) is 17.1 Å². The van der Waals surface area contributed by atoms with Gasteiger partial charge in [0.05, 0.1) is 23.1 Å². The Kier molecular flexibility index (Phi) is 5.35. The second-order valence-electron chi connectivity index (χ2n) is 9.25. The highest BCUT2D eigenvalue weighted by atomic mass is 32.2. The lowest BCUT2D eigenvalue weighted by Gasteiger charge is -2.32. The van der Waals surface area contributed by atoms with Gasteiger partial charge in [0.25, 0.3) is 0 Å². The summed E-state index contributed by atoms with van der Waals surface area (Å²) in [5.41, 5.74) is 5.87. The molecular weight excluding hydrogens is 480 g/mol. The number of aromatic nitrogens is 7. The first-order valence-electron chi connectivity index (χ1n) is 12.3. The molecule has 9 heteroatoms. The van der Waals surface area contributed by atoms with Gasteiger partial charge in [-0.1, -0.05) is 6.07 Å². The number of aryl methyl sites for hydroxylation is 1. The van der Waals surface area contributed by atoms with Crippen LogP contribution in [0.15, 0.2) is 84.7 Å². The Balaban J connectivity index is 1.17. The van der Waals surface area contributed by atoms with Gasteiger partial charge in [0, 0.05) is 71.9 Å². The smallest absolute Gasteiger partial charge is 0.148 e. The van der Waals surface area contributed by atoms with Crippen molar-refractivity contribution < 1.29 is 0 Å². The highest BCUT2D eigenvalue weighted by Crippen LogP contribution is 2.31. The average Bonchev–Trinajstić information content (AvgIpc) is 3.50. The molecule has 5 aromatic heterocycles. The minimum absolute atomic E-state index is 0.805. The second-order valence-corrected chi connectivity index (χ2v) is 10.3. The third-order valence-corrected chi connectivity index (χ3v) is 7.82. The topological polar surface area (TPSA) is 77.5 Å². The van der Waals surface area contributed by atoms with Crippen LogP contribution in [0.5, 0.6) is 0 Å². The predicted octanol–water partition coefficient (Wildman–Crippen LogP) is 5.27. The third kappa shape index (κ3) is 4.11. The Hall–Kier alpha value is -4.24. The van der Waals surface area contributed by atoms with Crippen molar-refractivity contribution in [1.29, 1.82) is 0 Å². The quantitative estimate of drug-likeness (QED) is 0.286. The minimum atomic E-state index is 0.805. The summed E-state index contributed by atoms with van der Waals surface area (Å²) in [5, 5.41) is 6.71. The van der Waals surface area contributed by atoms with E-state index in [4.69, 9.17) is 4.98 Å². The van der Waals surface area contributed by atoms with E-state index in [1.54, 1.807) is 22.8 Å². The van der Waals surface area contributed by atoms with E-state index in [0.717, 1.165) is 63.7 Å². The molecule has 6 aromatic rings. The van der Waals surface area contributed by atoms with Crippen molar-refractivity contribution in [1.82, 2.24) is 34.3 Å². The van der Waals surface area contributed by atoms with Crippen LogP contribution in [0.25, 0.3) is 38.9 Å². The number of fused-ring (bicyclic) bond motifs is 2. The monoisotopic (exact) mass is 504 g/mol. The average molecular weight is 505 g/mol. The lowest BCUT2D eigenvalue weighted by Crippen LogP contribution is -2.37. The van der Waals surface area contributed by atoms with E-state index >= 15 is 0 Å². The van der Waals surface area contributed by atoms with Crippen molar-refractivity contribution in [3.05, 3.63) is 85.3 Å². The molecule has 1 aromatic carbocycles. The zero-order valence-electron chi connectivity index (χ0n) is 20.3. The summed E-state index contributed by atoms with van der Waals surface area (Å²) >= 11 is 1.79. The van der Waals surface area contributed by atoms with Gasteiger partial charge in [-0.3, -0.25) is 14.2 Å². The molecule has 0 spiro atoms. The third-order valence-electron chi connectivity index (χ3n) is 6.75. The maximum absolute atomic E-state index is 4.90. The van der Waals surface area contributed by atoms with Crippen LogP contribution < -0.4 is 4.90 Å². The summed E-state index contributed by atoms with van der Waals surface area (Å²) in [4.78, 5) is 21.8. The number of benzene rings is 1. The molecule has 8 nitrogen and oxygen atoms in total. The Morgan fingerprint density at radius 1 is 0.973 bits per heavy atom. The van der Waals surface area contributed by atoms with Gasteiger partial charge < -0.3 is 4.90 Å². The molecule has 0 unspecified atom stereocenters. The van der Waals surface area contributed by atoms with Crippen molar-refractivity contribution in [2.24, 2.45) is 7.05 Å². The number of thioether (sulfide) groups is 1. The predicted molar refractivity (Wildman–Crippen MR) is 147 cm³/mol. The Morgan fingerprint density at radius 2 is 1.89 bits per heavy atom. The minimum Gasteiger partial charge on any atom is -0.356 e. The number of hydrogen-bond donors (Lipinski definition) is 0. The molecule has 0 N–H and O–H groups in total. The molecule has 1 aliphatic rings. The molecule has 182 valence electrons. The molecule has 0 aliphatic carbocycles. The van der Waals surface area contributed by atoms with Gasteiger partial charge in [0.2, 0.25) is 0 Å². The zero-order chi connectivity index (χ0) is 24.8. The maximum atomic E-state index is 4.90. The van der Waals surface area contributed by atoms with E-state index in [0.29, 0.717) is 0 Å². The van der Waals surface area contributed by atoms with E-state index in [2.05, 4.69) is 72.1 Å². The Morgan fingerprint density at radius 3 is 2.73 bits per heavy atom. The van der Waals surface area contributed by atoms with Crippen LogP contribution in [0.3, 0.4) is 0 Å². The van der Waals surface area contributed by atoms with Crippen molar-refractivity contribution in [3.63, 3.8) is 0 Å². The lowest BCUT2D eigenvalue weighted by molar-refractivity contribution is 0.611. The maximum Gasteiger partial charge on any atom is 0.148 e. The molecular formula is C28H24N8S. The summed E-state index contributed by atoms with van der Waals surface area (Å²) in [5.74, 6) is 1.88. The molecule has 37 heavy (non-hydrogen) atoms. The zero-order valence-corrected chi connectivity index (χ0v) is 21.1. The molecule has 6 heterocycles. The van der Waals surface area contributed by atoms with E-state index in [-0.39, 0.29) is 0 Å². The van der Waals surface area contributed by atoms with Crippen LogP contribution in [0.1, 0.15) is 12.0 Å². The van der Waals surface area contributed by atoms with Gasteiger partial charge in [-0.15, -0.1) is 11.8 Å². The van der Waals surface area contributed by atoms with Crippen LogP contribution in [-0.4, -0.2) is 47.4 Å². The SMILES string of the molecule is Cn1ccc(-c2cn(-c3cncc(CSc4ccc5ccc(N6CCC6)nc5c4)c3)c3ncncc23)n1. The molecule has 1 saturated heterocycles. The van der Waals surface area contributed by atoms with Crippen LogP contribution >= 0.6 is 11.8 Å². The Bertz CT molecular complexity index is 1750. The van der Waals surface area contributed by atoms with Crippen molar-refractivity contribution in [2.75, 3.05) is 18.0 Å². The van der Waals surface area contributed by atoms with Crippen LogP contribution in [0, 0.1) is 0 Å². The van der Waals surface area contributed by atoms with E-state index < -0.39 is 0 Å². The van der Waals surface area contributed by atoms with Gasteiger partial charge in [0.1, 0.15) is 17.8 Å². The van der Waals surface area contributed by atoms with Gasteiger partial charge >= 0.3 is 0 Å². The first-order valence-corrected chi connectivity index (χ1v) is 13.2. The Labute approximate surface area is 218 Å². The van der Waals surface area contributed by atoms with Gasteiger partial charge in [-0.25, -0.2) is 15.0 Å². The second kappa shape index (κ2) is 9.01. The van der Waals surface area contributed by atoms with Crippen LogP contribution in [-0.2, 0) is 12.8 Å². The molecule has 0 radical (unpaired) electrons. The summed E-state index contributed by atoms with van der Waals surface area (Å²) in [6.07, 6.45) is 12.5. The molecule has 7 rings (SSSR count). The van der Waals surface area contributed by atoms with Crippen LogP contribution in [0.2, 0.25) is 0 Å². The normalized spacial score (nSPS) is 13.4. The number of rotatable bonds is 6. The summed E-state index contributed by atoms with van der Waals surface area (Å²) in [7, 11) is 1.92. The highest BCUT2D eigenvalue weighted by molar-refractivity contribution is 7.98. The molecule has 0 bridgehead atoms. The summed E-state index contributed by atoms with van der Waals surface area (Å²) in [6, 6.07) is 15.0. The number of hydrogen-bond acceptors (Lipinski definition) is 7. The first-order chi connectivity index (χ1) is 18.2. The van der Waals surface area contributed by atoms with E-state index in [1.165, 1.54) is 16.7 Å². The fourth-order valence-electron chi connectivity index (χ4n) is 4.67. The standard InChI is InChI=1S/C28H24N8S/c1-34-10-7-25(33-34)24-16-36(28-23(24)15-30-18-31-28)21-11-19(13-29-14-21)17-37-22-5-3-20-4-6-27(32-26(20)12-22)35-8-2-9-35/h3-7,10-16,18H,2,8-9,17H2,1H3. The van der Waals surface area contributed by atoms with Crippen LogP contribution in [0.4, 0.5) is 5.82 Å². The van der Waals surface area contributed by atoms with Crippen molar-refractivity contribution >= 4 is 39.5 Å². The van der Waals surface area contributed by atoms with Gasteiger partial charge in [0.15, 0.2) is 0 Å². The molecule has 1 fully saturated rings. The number of pyridine rings is 2. The molecule has 0 saturated carbocycles. The fraction of sp³-hybridized carbons (Fsp3) is 0.179. The largest absolute Gasteiger partial charge is 0.356 e. The lowest BCUT2D eigenvalue weighted by atomic mass is 10.2. The van der Waals surface area contributed by atoms with E-state index in [9.17, 15) is 0 Å². The van der Waals surface area contributed by atoms with Gasteiger partial charge in [-0.05, 0) is 48.4 Å². The summed E-state index contributed by atoms with van der Waals surface area (Å²) in [6.45, 7) is 2.20. The number of nitrogens with zero attached hydrogens (tertiary/aromatic N) is 8. The van der Waals surface area contributed by atoms with Gasteiger partial charge in [-0.2, -0.15) is 5.10 Å². The first kappa shape index (κ1) is 22.0.